The molecule has 2 aromatic carbocycles. The highest BCUT2D eigenvalue weighted by Crippen LogP contribution is 2.29. The second-order valence-electron chi connectivity index (χ2n) is 6.67. The molecule has 4 aromatic rings. The number of carbonyl (C=O) groups excluding carboxylic acids is 1. The number of halogens is 2. The van der Waals surface area contributed by atoms with E-state index < -0.39 is 0 Å². The summed E-state index contributed by atoms with van der Waals surface area (Å²) in [5.41, 5.74) is 1.67. The molecular weight excluding hydrogens is 516 g/mol. The molecule has 0 saturated carbocycles. The van der Waals surface area contributed by atoms with Crippen LogP contribution in [0.5, 0.6) is 5.75 Å². The van der Waals surface area contributed by atoms with E-state index in [-0.39, 0.29) is 11.7 Å². The normalized spacial score (nSPS) is 10.8. The Bertz CT molecular complexity index is 1230. The van der Waals surface area contributed by atoms with E-state index in [0.29, 0.717) is 44.4 Å². The van der Waals surface area contributed by atoms with E-state index in [1.54, 1.807) is 24.3 Å². The summed E-state index contributed by atoms with van der Waals surface area (Å²) in [5.74, 6) is 1.69. The first-order chi connectivity index (χ1) is 15.5. The largest absolute Gasteiger partial charge is 0.495 e. The van der Waals surface area contributed by atoms with Crippen molar-refractivity contribution in [1.82, 2.24) is 14.8 Å². The highest BCUT2D eigenvalue weighted by molar-refractivity contribution is 9.10. The van der Waals surface area contributed by atoms with E-state index in [0.717, 1.165) is 5.56 Å². The molecule has 2 heterocycles. The SMILES string of the molecule is COc1ccc(NC(=O)CSc2nnc(-c3ccc(Br)o3)n2Cc2ccccc2)cc1Cl. The minimum atomic E-state index is -0.187. The second kappa shape index (κ2) is 10.2. The molecule has 0 atom stereocenters. The zero-order valence-corrected chi connectivity index (χ0v) is 20.1. The summed E-state index contributed by atoms with van der Waals surface area (Å²) in [6.07, 6.45) is 0. The molecule has 0 fully saturated rings. The number of hydrogen-bond donors (Lipinski definition) is 1. The van der Waals surface area contributed by atoms with E-state index >= 15 is 0 Å². The summed E-state index contributed by atoms with van der Waals surface area (Å²) in [6, 6.07) is 18.7. The van der Waals surface area contributed by atoms with Crippen molar-refractivity contribution in [2.45, 2.75) is 11.7 Å². The van der Waals surface area contributed by atoms with Gasteiger partial charge in [0.05, 0.1) is 24.4 Å². The van der Waals surface area contributed by atoms with Gasteiger partial charge in [-0.2, -0.15) is 0 Å². The predicted octanol–water partition coefficient (Wildman–Crippen LogP) is 5.74. The van der Waals surface area contributed by atoms with Crippen LogP contribution in [0.3, 0.4) is 0 Å². The van der Waals surface area contributed by atoms with Crippen molar-refractivity contribution in [2.75, 3.05) is 18.2 Å². The summed E-state index contributed by atoms with van der Waals surface area (Å²) in [6.45, 7) is 0.541. The molecule has 0 unspecified atom stereocenters. The number of ether oxygens (including phenoxy) is 1. The number of nitrogens with zero attached hydrogens (tertiary/aromatic N) is 3. The summed E-state index contributed by atoms with van der Waals surface area (Å²) in [4.78, 5) is 12.5. The van der Waals surface area contributed by atoms with Crippen molar-refractivity contribution in [3.63, 3.8) is 0 Å². The number of anilines is 1. The Kier molecular flexibility index (Phi) is 7.19. The lowest BCUT2D eigenvalue weighted by molar-refractivity contribution is -0.113. The van der Waals surface area contributed by atoms with Crippen molar-refractivity contribution in [3.05, 3.63) is 75.9 Å². The van der Waals surface area contributed by atoms with E-state index in [2.05, 4.69) is 31.4 Å². The molecule has 164 valence electrons. The minimum absolute atomic E-state index is 0.151. The molecule has 0 radical (unpaired) electrons. The maximum Gasteiger partial charge on any atom is 0.234 e. The third kappa shape index (κ3) is 5.35. The quantitative estimate of drug-likeness (QED) is 0.291. The monoisotopic (exact) mass is 532 g/mol. The lowest BCUT2D eigenvalue weighted by atomic mass is 10.2. The van der Waals surface area contributed by atoms with Gasteiger partial charge in [0, 0.05) is 5.69 Å². The fourth-order valence-corrected chi connectivity index (χ4v) is 4.29. The highest BCUT2D eigenvalue weighted by atomic mass is 79.9. The molecular formula is C22H18BrClN4O3S. The van der Waals surface area contributed by atoms with Gasteiger partial charge in [-0.3, -0.25) is 9.36 Å². The Morgan fingerprint density at radius 1 is 1.19 bits per heavy atom. The molecule has 10 heteroatoms. The molecule has 0 aliphatic rings. The number of rotatable bonds is 8. The van der Waals surface area contributed by atoms with Crippen LogP contribution in [-0.2, 0) is 11.3 Å². The summed E-state index contributed by atoms with van der Waals surface area (Å²) >= 11 is 10.7. The lowest BCUT2D eigenvalue weighted by Gasteiger charge is -2.10. The smallest absolute Gasteiger partial charge is 0.234 e. The Hall–Kier alpha value is -2.75. The average molecular weight is 534 g/mol. The summed E-state index contributed by atoms with van der Waals surface area (Å²) < 4.78 is 13.4. The van der Waals surface area contributed by atoms with Crippen LogP contribution in [-0.4, -0.2) is 33.5 Å². The number of benzene rings is 2. The average Bonchev–Trinajstić information content (AvgIpc) is 3.39. The predicted molar refractivity (Wildman–Crippen MR) is 128 cm³/mol. The number of aromatic nitrogens is 3. The van der Waals surface area contributed by atoms with Crippen molar-refractivity contribution >= 4 is 50.9 Å². The van der Waals surface area contributed by atoms with Gasteiger partial charge < -0.3 is 14.5 Å². The van der Waals surface area contributed by atoms with Crippen LogP contribution < -0.4 is 10.1 Å². The first-order valence-corrected chi connectivity index (χ1v) is 11.7. The minimum Gasteiger partial charge on any atom is -0.495 e. The van der Waals surface area contributed by atoms with Crippen LogP contribution in [0.25, 0.3) is 11.6 Å². The van der Waals surface area contributed by atoms with E-state index in [9.17, 15) is 4.79 Å². The highest BCUT2D eigenvalue weighted by Gasteiger charge is 2.18. The van der Waals surface area contributed by atoms with Crippen molar-refractivity contribution in [1.29, 1.82) is 0 Å². The van der Waals surface area contributed by atoms with Gasteiger partial charge >= 0.3 is 0 Å². The van der Waals surface area contributed by atoms with Crippen LogP contribution in [0.15, 0.2) is 74.9 Å². The summed E-state index contributed by atoms with van der Waals surface area (Å²) in [7, 11) is 1.54. The fourth-order valence-electron chi connectivity index (χ4n) is 2.99. The van der Waals surface area contributed by atoms with E-state index in [1.807, 2.05) is 41.0 Å². The zero-order valence-electron chi connectivity index (χ0n) is 16.9. The Morgan fingerprint density at radius 3 is 2.69 bits per heavy atom. The van der Waals surface area contributed by atoms with E-state index in [4.69, 9.17) is 20.8 Å². The Morgan fingerprint density at radius 2 is 2.00 bits per heavy atom. The third-order valence-corrected chi connectivity index (χ3v) is 6.15. The van der Waals surface area contributed by atoms with Crippen LogP contribution in [0.1, 0.15) is 5.56 Å². The van der Waals surface area contributed by atoms with E-state index in [1.165, 1.54) is 18.9 Å². The van der Waals surface area contributed by atoms with Crippen molar-refractivity contribution < 1.29 is 13.9 Å². The van der Waals surface area contributed by atoms with Crippen LogP contribution in [0.4, 0.5) is 5.69 Å². The summed E-state index contributed by atoms with van der Waals surface area (Å²) in [5, 5.41) is 12.5. The maximum absolute atomic E-state index is 12.5. The molecule has 32 heavy (non-hydrogen) atoms. The number of thioether (sulfide) groups is 1. The topological polar surface area (TPSA) is 82.2 Å². The molecule has 4 rings (SSSR count). The molecule has 0 spiro atoms. The lowest BCUT2D eigenvalue weighted by Crippen LogP contribution is -2.15. The van der Waals surface area contributed by atoms with Crippen molar-refractivity contribution in [3.8, 4) is 17.3 Å². The molecule has 1 N–H and O–H groups in total. The standard InChI is InChI=1S/C22H18BrClN4O3S/c1-30-17-8-7-15(11-16(17)24)25-20(29)13-32-22-27-26-21(18-9-10-19(23)31-18)28(22)12-14-5-3-2-4-6-14/h2-11H,12-13H2,1H3,(H,25,29). The molecule has 0 saturated heterocycles. The number of methoxy groups -OCH3 is 1. The molecule has 2 aromatic heterocycles. The maximum atomic E-state index is 12.5. The first kappa shape index (κ1) is 22.4. The number of nitrogens with one attached hydrogen (secondary N) is 1. The van der Waals surface area contributed by atoms with Crippen LogP contribution in [0.2, 0.25) is 5.02 Å². The van der Waals surface area contributed by atoms with Gasteiger partial charge in [0.2, 0.25) is 11.7 Å². The van der Waals surface area contributed by atoms with Gasteiger partial charge in [-0.25, -0.2) is 0 Å². The molecule has 0 aliphatic heterocycles. The Labute approximate surface area is 202 Å². The number of hydrogen-bond acceptors (Lipinski definition) is 6. The molecule has 7 nitrogen and oxygen atoms in total. The molecule has 1 amide bonds. The third-order valence-electron chi connectivity index (χ3n) is 4.46. The molecule has 0 aliphatic carbocycles. The zero-order chi connectivity index (χ0) is 22.5. The van der Waals surface area contributed by atoms with Gasteiger partial charge in [0.15, 0.2) is 15.6 Å². The van der Waals surface area contributed by atoms with Gasteiger partial charge in [-0.1, -0.05) is 53.7 Å². The number of carbonyl (C=O) groups is 1. The van der Waals surface area contributed by atoms with Gasteiger partial charge in [0.25, 0.3) is 0 Å². The van der Waals surface area contributed by atoms with Crippen LogP contribution >= 0.6 is 39.3 Å². The second-order valence-corrected chi connectivity index (χ2v) is 8.80. The Balaban J connectivity index is 1.50. The first-order valence-electron chi connectivity index (χ1n) is 9.52. The van der Waals surface area contributed by atoms with Gasteiger partial charge in [0.1, 0.15) is 5.75 Å². The molecule has 0 bridgehead atoms. The van der Waals surface area contributed by atoms with Crippen LogP contribution in [0, 0.1) is 0 Å². The van der Waals surface area contributed by atoms with Gasteiger partial charge in [-0.15, -0.1) is 10.2 Å². The number of furan rings is 1. The fraction of sp³-hybridized carbons (Fsp3) is 0.136. The van der Waals surface area contributed by atoms with Gasteiger partial charge in [-0.05, 0) is 51.8 Å². The number of amides is 1. The van der Waals surface area contributed by atoms with Crippen molar-refractivity contribution in [2.24, 2.45) is 0 Å².